The Bertz CT molecular complexity index is 862. The van der Waals surface area contributed by atoms with Crippen molar-refractivity contribution in [3.8, 4) is 0 Å². The fraction of sp³-hybridized carbons (Fsp3) is 0.609. The van der Waals surface area contributed by atoms with Gasteiger partial charge >= 0.3 is 0 Å². The third kappa shape index (κ3) is 4.80. The number of hydrogen-bond acceptors (Lipinski definition) is 3. The van der Waals surface area contributed by atoms with Crippen LogP contribution in [0.25, 0.3) is 0 Å². The molecule has 0 bridgehead atoms. The van der Waals surface area contributed by atoms with E-state index in [1.165, 1.54) is 68.1 Å². The largest absolute Gasteiger partial charge is 0.354 e. The van der Waals surface area contributed by atoms with Crippen LogP contribution < -0.4 is 10.6 Å². The highest BCUT2D eigenvalue weighted by molar-refractivity contribution is 5.80. The number of aromatic nitrogens is 3. The standard InChI is InChI=1S/C23H34N6/c1-16(19-13-12-18-8-4-5-9-20(18)14-19)25-23(26-21-10-6-7-11-21)24-15-22-28-27-17(2)29(22)3/h12-14,16,21H,4-11,15H2,1-3H3,(H2,24,25,26). The molecule has 29 heavy (non-hydrogen) atoms. The highest BCUT2D eigenvalue weighted by atomic mass is 15.3. The average Bonchev–Trinajstić information content (AvgIpc) is 3.36. The summed E-state index contributed by atoms with van der Waals surface area (Å²) >= 11 is 0. The molecule has 0 spiro atoms. The Labute approximate surface area is 174 Å². The number of fused-ring (bicyclic) bond motifs is 1. The summed E-state index contributed by atoms with van der Waals surface area (Å²) < 4.78 is 2.00. The Morgan fingerprint density at radius 1 is 1.14 bits per heavy atom. The van der Waals surface area contributed by atoms with Crippen LogP contribution in [0, 0.1) is 6.92 Å². The maximum atomic E-state index is 4.86. The quantitative estimate of drug-likeness (QED) is 0.599. The van der Waals surface area contributed by atoms with Gasteiger partial charge in [-0.25, -0.2) is 4.99 Å². The minimum atomic E-state index is 0.205. The Morgan fingerprint density at radius 3 is 2.62 bits per heavy atom. The maximum Gasteiger partial charge on any atom is 0.192 e. The van der Waals surface area contributed by atoms with Crippen molar-refractivity contribution in [2.75, 3.05) is 0 Å². The van der Waals surface area contributed by atoms with Gasteiger partial charge in [0.05, 0.1) is 6.04 Å². The van der Waals surface area contributed by atoms with Crippen molar-refractivity contribution in [3.05, 3.63) is 46.5 Å². The van der Waals surface area contributed by atoms with Crippen molar-refractivity contribution in [2.24, 2.45) is 12.0 Å². The van der Waals surface area contributed by atoms with Crippen LogP contribution in [-0.4, -0.2) is 26.8 Å². The molecule has 1 aromatic carbocycles. The van der Waals surface area contributed by atoms with E-state index in [1.807, 2.05) is 18.5 Å². The predicted octanol–water partition coefficient (Wildman–Crippen LogP) is 3.74. The van der Waals surface area contributed by atoms with E-state index < -0.39 is 0 Å². The van der Waals surface area contributed by atoms with Gasteiger partial charge in [0.2, 0.25) is 0 Å². The molecular formula is C23H34N6. The van der Waals surface area contributed by atoms with E-state index in [4.69, 9.17) is 4.99 Å². The molecule has 4 rings (SSSR count). The minimum Gasteiger partial charge on any atom is -0.354 e. The summed E-state index contributed by atoms with van der Waals surface area (Å²) in [6.07, 6.45) is 10.1. The molecule has 2 aliphatic carbocycles. The van der Waals surface area contributed by atoms with E-state index in [0.717, 1.165) is 17.6 Å². The molecule has 1 atom stereocenters. The third-order valence-electron chi connectivity index (χ3n) is 6.48. The zero-order chi connectivity index (χ0) is 20.2. The summed E-state index contributed by atoms with van der Waals surface area (Å²) in [5.74, 6) is 2.68. The molecule has 6 nitrogen and oxygen atoms in total. The molecule has 1 fully saturated rings. The van der Waals surface area contributed by atoms with Crippen LogP contribution in [0.15, 0.2) is 23.2 Å². The summed E-state index contributed by atoms with van der Waals surface area (Å²) in [5, 5.41) is 15.7. The highest BCUT2D eigenvalue weighted by Crippen LogP contribution is 2.25. The summed E-state index contributed by atoms with van der Waals surface area (Å²) in [6.45, 7) is 4.72. The second-order valence-electron chi connectivity index (χ2n) is 8.61. The third-order valence-corrected chi connectivity index (χ3v) is 6.48. The Morgan fingerprint density at radius 2 is 1.90 bits per heavy atom. The first-order chi connectivity index (χ1) is 14.1. The first-order valence-electron chi connectivity index (χ1n) is 11.1. The number of aliphatic imine (C=N–C) groups is 1. The van der Waals surface area contributed by atoms with Gasteiger partial charge in [-0.1, -0.05) is 31.0 Å². The Hall–Kier alpha value is -2.37. The summed E-state index contributed by atoms with van der Waals surface area (Å²) in [7, 11) is 1.99. The highest BCUT2D eigenvalue weighted by Gasteiger charge is 2.19. The molecule has 6 heteroatoms. The molecule has 0 amide bonds. The van der Waals surface area contributed by atoms with Crippen molar-refractivity contribution in [3.63, 3.8) is 0 Å². The van der Waals surface area contributed by atoms with Crippen LogP contribution >= 0.6 is 0 Å². The molecule has 1 saturated carbocycles. The summed E-state index contributed by atoms with van der Waals surface area (Å²) in [4.78, 5) is 4.86. The fourth-order valence-corrected chi connectivity index (χ4v) is 4.45. The molecule has 156 valence electrons. The van der Waals surface area contributed by atoms with E-state index >= 15 is 0 Å². The second kappa shape index (κ2) is 8.97. The Kier molecular flexibility index (Phi) is 6.16. The lowest BCUT2D eigenvalue weighted by molar-refractivity contribution is 0.591. The Balaban J connectivity index is 1.49. The topological polar surface area (TPSA) is 67.1 Å². The lowest BCUT2D eigenvalue weighted by Crippen LogP contribution is -2.43. The fourth-order valence-electron chi connectivity index (χ4n) is 4.45. The first-order valence-corrected chi connectivity index (χ1v) is 11.1. The molecule has 1 heterocycles. The van der Waals surface area contributed by atoms with Gasteiger partial charge in [0.15, 0.2) is 11.8 Å². The molecular weight excluding hydrogens is 360 g/mol. The number of nitrogens with one attached hydrogen (secondary N) is 2. The predicted molar refractivity (Wildman–Crippen MR) is 117 cm³/mol. The van der Waals surface area contributed by atoms with Crippen LogP contribution in [0.4, 0.5) is 0 Å². The molecule has 0 radical (unpaired) electrons. The molecule has 2 aliphatic rings. The first kappa shape index (κ1) is 19.9. The number of guanidine groups is 1. The van der Waals surface area contributed by atoms with Gasteiger partial charge in [0, 0.05) is 13.1 Å². The van der Waals surface area contributed by atoms with Crippen molar-refractivity contribution in [1.82, 2.24) is 25.4 Å². The normalized spacial score (nSPS) is 18.5. The zero-order valence-corrected chi connectivity index (χ0v) is 18.0. The number of benzene rings is 1. The SMILES string of the molecule is Cc1nnc(CN=C(NC2CCCC2)NC(C)c2ccc3c(c2)CCCC3)n1C. The van der Waals surface area contributed by atoms with Gasteiger partial charge < -0.3 is 15.2 Å². The van der Waals surface area contributed by atoms with E-state index in [1.54, 1.807) is 0 Å². The molecule has 1 unspecified atom stereocenters. The van der Waals surface area contributed by atoms with Gasteiger partial charge in [-0.05, 0) is 69.1 Å². The lowest BCUT2D eigenvalue weighted by atomic mass is 9.89. The van der Waals surface area contributed by atoms with Crippen LogP contribution in [0.2, 0.25) is 0 Å². The smallest absolute Gasteiger partial charge is 0.192 e. The molecule has 1 aromatic heterocycles. The maximum absolute atomic E-state index is 4.86. The van der Waals surface area contributed by atoms with E-state index in [9.17, 15) is 0 Å². The second-order valence-corrected chi connectivity index (χ2v) is 8.61. The van der Waals surface area contributed by atoms with Crippen molar-refractivity contribution in [1.29, 1.82) is 0 Å². The van der Waals surface area contributed by atoms with Gasteiger partial charge in [-0.3, -0.25) is 0 Å². The number of aryl methyl sites for hydroxylation is 3. The molecule has 0 aliphatic heterocycles. The van der Waals surface area contributed by atoms with Crippen LogP contribution in [0.1, 0.15) is 79.8 Å². The average molecular weight is 395 g/mol. The van der Waals surface area contributed by atoms with E-state index in [-0.39, 0.29) is 6.04 Å². The van der Waals surface area contributed by atoms with Crippen LogP contribution in [-0.2, 0) is 26.4 Å². The van der Waals surface area contributed by atoms with Gasteiger partial charge in [-0.2, -0.15) is 0 Å². The van der Waals surface area contributed by atoms with Crippen LogP contribution in [0.3, 0.4) is 0 Å². The zero-order valence-electron chi connectivity index (χ0n) is 18.0. The number of nitrogens with zero attached hydrogens (tertiary/aromatic N) is 4. The molecule has 2 aromatic rings. The van der Waals surface area contributed by atoms with Crippen molar-refractivity contribution >= 4 is 5.96 Å². The monoisotopic (exact) mass is 394 g/mol. The minimum absolute atomic E-state index is 0.205. The van der Waals surface area contributed by atoms with E-state index in [0.29, 0.717) is 12.6 Å². The van der Waals surface area contributed by atoms with Gasteiger partial charge in [0.1, 0.15) is 12.4 Å². The lowest BCUT2D eigenvalue weighted by Gasteiger charge is -2.23. The number of rotatable bonds is 5. The molecule has 2 N–H and O–H groups in total. The van der Waals surface area contributed by atoms with Crippen molar-refractivity contribution in [2.45, 2.75) is 83.8 Å². The van der Waals surface area contributed by atoms with Gasteiger partial charge in [-0.15, -0.1) is 10.2 Å². The molecule has 0 saturated heterocycles. The summed E-state index contributed by atoms with van der Waals surface area (Å²) in [5.41, 5.74) is 4.39. The van der Waals surface area contributed by atoms with E-state index in [2.05, 4.69) is 46.0 Å². The van der Waals surface area contributed by atoms with Crippen LogP contribution in [0.5, 0.6) is 0 Å². The summed E-state index contributed by atoms with van der Waals surface area (Å²) in [6, 6.07) is 7.71. The number of hydrogen-bond donors (Lipinski definition) is 2. The van der Waals surface area contributed by atoms with Gasteiger partial charge in [0.25, 0.3) is 0 Å². The van der Waals surface area contributed by atoms with Crippen molar-refractivity contribution < 1.29 is 0 Å².